The lowest BCUT2D eigenvalue weighted by Crippen LogP contribution is -2.60. The topological polar surface area (TPSA) is 164 Å². The number of ether oxygens (including phenoxy) is 5. The molecule has 3 rings (SSSR count). The van der Waals surface area contributed by atoms with Crippen LogP contribution in [0, 0.1) is 11.8 Å². The average Bonchev–Trinajstić information content (AvgIpc) is 3.01. The molecule has 1 saturated carbocycles. The third kappa shape index (κ3) is 3.94. The van der Waals surface area contributed by atoms with E-state index in [1.807, 2.05) is 0 Å². The summed E-state index contributed by atoms with van der Waals surface area (Å²) in [6.07, 6.45) is -10.1. The molecule has 1 aliphatic carbocycles. The smallest absolute Gasteiger partial charge is 0.338 e. The fourth-order valence-corrected chi connectivity index (χ4v) is 4.17. The second-order valence-corrected chi connectivity index (χ2v) is 7.49. The van der Waals surface area contributed by atoms with E-state index in [1.165, 1.54) is 14.2 Å². The molecule has 0 amide bonds. The van der Waals surface area contributed by atoms with Crippen molar-refractivity contribution in [1.82, 2.24) is 0 Å². The van der Waals surface area contributed by atoms with Crippen LogP contribution < -0.4 is 0 Å². The summed E-state index contributed by atoms with van der Waals surface area (Å²) in [4.78, 5) is 12.3. The third-order valence-corrected chi connectivity index (χ3v) is 5.87. The molecule has 2 fully saturated rings. The van der Waals surface area contributed by atoms with Crippen LogP contribution in [0.3, 0.4) is 0 Å². The fraction of sp³-hybridized carbons (Fsp3) is 0.833. The summed E-state index contributed by atoms with van der Waals surface area (Å²) in [5.74, 6) is -1.58. The molecule has 0 aromatic rings. The molecule has 0 bridgehead atoms. The number of hydrogen-bond donors (Lipinski definition) is 5. The molecule has 0 spiro atoms. The van der Waals surface area contributed by atoms with Crippen LogP contribution in [0.1, 0.15) is 13.3 Å². The quantitative estimate of drug-likeness (QED) is 0.302. The van der Waals surface area contributed by atoms with Gasteiger partial charge in [0.05, 0.1) is 25.4 Å². The van der Waals surface area contributed by atoms with E-state index in [0.29, 0.717) is 5.57 Å². The summed E-state index contributed by atoms with van der Waals surface area (Å²) in [7, 11) is 2.55. The molecule has 11 heteroatoms. The monoisotopic (exact) mass is 420 g/mol. The summed E-state index contributed by atoms with van der Waals surface area (Å²) in [5, 5.41) is 49.9. The predicted molar refractivity (Wildman–Crippen MR) is 92.8 cm³/mol. The molecular formula is C18H28O11. The molecule has 1 saturated heterocycles. The van der Waals surface area contributed by atoms with Gasteiger partial charge in [0.2, 0.25) is 0 Å². The molecular weight excluding hydrogens is 392 g/mol. The summed E-state index contributed by atoms with van der Waals surface area (Å²) >= 11 is 0. The van der Waals surface area contributed by atoms with Gasteiger partial charge in [0.1, 0.15) is 24.4 Å². The number of aliphatic hydroxyl groups excluding tert-OH is 5. The highest BCUT2D eigenvalue weighted by atomic mass is 16.8. The Kier molecular flexibility index (Phi) is 6.93. The summed E-state index contributed by atoms with van der Waals surface area (Å²) < 4.78 is 27.0. The van der Waals surface area contributed by atoms with Gasteiger partial charge < -0.3 is 49.2 Å². The van der Waals surface area contributed by atoms with Crippen LogP contribution in [0.2, 0.25) is 0 Å². The molecule has 10 atom stereocenters. The Labute approximate surface area is 167 Å². The first kappa shape index (κ1) is 22.5. The normalized spacial score (nSPS) is 45.2. The first-order valence-corrected chi connectivity index (χ1v) is 9.38. The predicted octanol–water partition coefficient (Wildman–Crippen LogP) is -2.38. The van der Waals surface area contributed by atoms with Crippen molar-refractivity contribution in [3.63, 3.8) is 0 Å². The molecule has 11 nitrogen and oxygen atoms in total. The lowest BCUT2D eigenvalue weighted by molar-refractivity contribution is -0.359. The van der Waals surface area contributed by atoms with E-state index in [0.717, 1.165) is 0 Å². The van der Waals surface area contributed by atoms with Crippen molar-refractivity contribution in [2.75, 3.05) is 20.8 Å². The summed E-state index contributed by atoms with van der Waals surface area (Å²) in [6.45, 7) is 1.16. The Morgan fingerprint density at radius 3 is 2.34 bits per heavy atom. The Bertz CT molecular complexity index is 635. The van der Waals surface area contributed by atoms with Crippen LogP contribution in [0.4, 0.5) is 0 Å². The average molecular weight is 420 g/mol. The minimum absolute atomic E-state index is 0.150. The molecule has 0 radical (unpaired) electrons. The highest BCUT2D eigenvalue weighted by molar-refractivity contribution is 5.90. The van der Waals surface area contributed by atoms with Gasteiger partial charge in [-0.1, -0.05) is 6.92 Å². The van der Waals surface area contributed by atoms with Crippen LogP contribution in [0.15, 0.2) is 11.1 Å². The fourth-order valence-electron chi connectivity index (χ4n) is 4.17. The molecule has 0 unspecified atom stereocenters. The molecule has 2 heterocycles. The van der Waals surface area contributed by atoms with Crippen molar-refractivity contribution < 1.29 is 54.0 Å². The Morgan fingerprint density at radius 1 is 1.07 bits per heavy atom. The Hall–Kier alpha value is -1.15. The number of aliphatic hydroxyl groups is 5. The van der Waals surface area contributed by atoms with Gasteiger partial charge in [0.15, 0.2) is 18.9 Å². The maximum Gasteiger partial charge on any atom is 0.338 e. The van der Waals surface area contributed by atoms with Crippen LogP contribution in [-0.4, -0.2) is 102 Å². The minimum Gasteiger partial charge on any atom is -0.466 e. The van der Waals surface area contributed by atoms with E-state index in [2.05, 4.69) is 0 Å². The number of hydrogen-bond acceptors (Lipinski definition) is 11. The van der Waals surface area contributed by atoms with Gasteiger partial charge in [-0.25, -0.2) is 4.79 Å². The minimum atomic E-state index is -1.62. The van der Waals surface area contributed by atoms with Gasteiger partial charge in [-0.05, 0) is 17.9 Å². The van der Waals surface area contributed by atoms with Crippen LogP contribution in [0.25, 0.3) is 0 Å². The molecule has 3 aliphatic rings. The Balaban J connectivity index is 1.90. The van der Waals surface area contributed by atoms with E-state index in [9.17, 15) is 30.3 Å². The molecule has 5 N–H and O–H groups in total. The zero-order chi connectivity index (χ0) is 21.5. The van der Waals surface area contributed by atoms with Gasteiger partial charge in [0.25, 0.3) is 0 Å². The van der Waals surface area contributed by atoms with Crippen LogP contribution >= 0.6 is 0 Å². The van der Waals surface area contributed by atoms with Gasteiger partial charge in [0, 0.05) is 13.0 Å². The van der Waals surface area contributed by atoms with E-state index < -0.39 is 67.9 Å². The van der Waals surface area contributed by atoms with Crippen LogP contribution in [0.5, 0.6) is 0 Å². The van der Waals surface area contributed by atoms with Crippen molar-refractivity contribution in [3.05, 3.63) is 11.1 Å². The number of esters is 1. The first-order chi connectivity index (χ1) is 13.7. The number of fused-ring (bicyclic) bond motifs is 1. The number of carbonyl (C=O) groups excluding carboxylic acids is 1. The molecule has 0 aromatic carbocycles. The molecule has 2 aliphatic heterocycles. The second kappa shape index (κ2) is 8.92. The maximum absolute atomic E-state index is 12.3. The number of methoxy groups -OCH3 is 2. The highest BCUT2D eigenvalue weighted by Crippen LogP contribution is 2.47. The van der Waals surface area contributed by atoms with Crippen molar-refractivity contribution in [3.8, 4) is 0 Å². The largest absolute Gasteiger partial charge is 0.466 e. The van der Waals surface area contributed by atoms with Crippen molar-refractivity contribution in [2.45, 2.75) is 62.7 Å². The van der Waals surface area contributed by atoms with Gasteiger partial charge >= 0.3 is 5.97 Å². The number of rotatable bonds is 5. The van der Waals surface area contributed by atoms with Crippen molar-refractivity contribution in [1.29, 1.82) is 0 Å². The molecule has 166 valence electrons. The van der Waals surface area contributed by atoms with Gasteiger partial charge in [-0.3, -0.25) is 0 Å². The molecule has 29 heavy (non-hydrogen) atoms. The zero-order valence-electron chi connectivity index (χ0n) is 16.4. The van der Waals surface area contributed by atoms with Gasteiger partial charge in [-0.15, -0.1) is 0 Å². The van der Waals surface area contributed by atoms with Crippen molar-refractivity contribution >= 4 is 5.97 Å². The Morgan fingerprint density at radius 2 is 1.76 bits per heavy atom. The van der Waals surface area contributed by atoms with E-state index in [4.69, 9.17) is 23.7 Å². The zero-order valence-corrected chi connectivity index (χ0v) is 16.4. The van der Waals surface area contributed by atoms with Crippen molar-refractivity contribution in [2.24, 2.45) is 11.8 Å². The van der Waals surface area contributed by atoms with E-state index in [-0.39, 0.29) is 17.9 Å². The lowest BCUT2D eigenvalue weighted by Gasteiger charge is -2.43. The third-order valence-electron chi connectivity index (χ3n) is 5.87. The second-order valence-electron chi connectivity index (χ2n) is 7.49. The first-order valence-electron chi connectivity index (χ1n) is 9.38. The highest BCUT2D eigenvalue weighted by Gasteiger charge is 2.52. The van der Waals surface area contributed by atoms with Gasteiger partial charge in [-0.2, -0.15) is 0 Å². The molecule has 0 aromatic heterocycles. The SMILES string of the molecule is COC(=O)C1=C2C[C@H](O)[C@@H](C)[C@H]2[C@H](O[C@@H]2O[C@H](CO)[C@@H](O)[C@H](O)[C@H]2O)O[C@H]1OC. The van der Waals surface area contributed by atoms with E-state index >= 15 is 0 Å². The standard InChI is InChI=1S/C18H28O11/c1-6-8(20)4-7-10(6)17(28-16(26-3)11(7)15(24)25-2)29-18-14(23)13(22)12(21)9(5-19)27-18/h6,8-10,12-14,16-23H,4-5H2,1-3H3/t6-,8+,9-,10-,12-,13+,14-,16-,17+,18+/m1/s1. The summed E-state index contributed by atoms with van der Waals surface area (Å²) in [5.41, 5.74) is 0.710. The lowest BCUT2D eigenvalue weighted by atomic mass is 9.88. The van der Waals surface area contributed by atoms with E-state index in [1.54, 1.807) is 6.92 Å². The van der Waals surface area contributed by atoms with Crippen LogP contribution in [-0.2, 0) is 28.5 Å². The summed E-state index contributed by atoms with van der Waals surface area (Å²) in [6, 6.07) is 0. The number of carbonyl (C=O) groups is 1. The maximum atomic E-state index is 12.3.